The van der Waals surface area contributed by atoms with Gasteiger partial charge in [0, 0.05) is 6.92 Å². The van der Waals surface area contributed by atoms with Crippen molar-refractivity contribution in [1.29, 1.82) is 0 Å². The van der Waals surface area contributed by atoms with Crippen LogP contribution >= 0.6 is 11.3 Å². The number of carbonyl (C=O) groups is 1. The molecular formula is C22H30N2O2S. The van der Waals surface area contributed by atoms with Gasteiger partial charge in [-0.25, -0.2) is 4.98 Å². The van der Waals surface area contributed by atoms with Gasteiger partial charge in [0.05, 0.1) is 16.7 Å². The fourth-order valence-corrected chi connectivity index (χ4v) is 8.29. The van der Waals surface area contributed by atoms with E-state index in [0.29, 0.717) is 17.8 Å². The summed E-state index contributed by atoms with van der Waals surface area (Å²) in [7, 11) is 0. The number of aliphatic hydroxyl groups is 1. The van der Waals surface area contributed by atoms with Crippen molar-refractivity contribution in [3.8, 4) is 0 Å². The standard InChI is InChI=1S/C22H30N2O2S/c1-12(25)23-20-24-17-9-11-21(2)15-8-10-22(3)14(6-7-18(22)26)13(15)4-5-16(21)19(17)27-20/h5,13-15,18,26H,4,6-11H2,1-3H3,(H,23,24,25)/t13-,14-,15?,18-,21+,22-/m0/s1. The number of fused-ring (bicyclic) bond motifs is 7. The summed E-state index contributed by atoms with van der Waals surface area (Å²) in [4.78, 5) is 17.5. The SMILES string of the molecule is CC(=O)Nc1nc2c(s1)C1=CC[C@@H]3C(CC[C@]4(C)[C@@H](O)CC[C@@H]34)[C@@]1(C)CC2. The van der Waals surface area contributed by atoms with Crippen LogP contribution < -0.4 is 5.32 Å². The maximum absolute atomic E-state index is 11.4. The Bertz CT molecular complexity index is 830. The Hall–Kier alpha value is -1.20. The molecule has 1 unspecified atom stereocenters. The molecule has 2 saturated carbocycles. The lowest BCUT2D eigenvalue weighted by molar-refractivity contribution is -0.114. The maximum Gasteiger partial charge on any atom is 0.223 e. The molecule has 0 saturated heterocycles. The summed E-state index contributed by atoms with van der Waals surface area (Å²) in [6.07, 6.45) is 10.2. The van der Waals surface area contributed by atoms with Gasteiger partial charge < -0.3 is 10.4 Å². The molecule has 2 fully saturated rings. The molecule has 2 N–H and O–H groups in total. The summed E-state index contributed by atoms with van der Waals surface area (Å²) in [6, 6.07) is 0. The number of aryl methyl sites for hydroxylation is 1. The van der Waals surface area contributed by atoms with Crippen LogP contribution in [0.15, 0.2) is 6.08 Å². The van der Waals surface area contributed by atoms with E-state index in [0.717, 1.165) is 37.2 Å². The number of allylic oxidation sites excluding steroid dienone is 2. The molecule has 0 aliphatic heterocycles. The van der Waals surface area contributed by atoms with Crippen LogP contribution in [0.4, 0.5) is 5.13 Å². The summed E-state index contributed by atoms with van der Waals surface area (Å²) in [5, 5.41) is 14.2. The van der Waals surface area contributed by atoms with Gasteiger partial charge in [0.1, 0.15) is 0 Å². The zero-order valence-electron chi connectivity index (χ0n) is 16.5. The quantitative estimate of drug-likeness (QED) is 0.739. The average Bonchev–Trinajstić information content (AvgIpc) is 3.14. The minimum atomic E-state index is -0.110. The van der Waals surface area contributed by atoms with E-state index in [4.69, 9.17) is 4.98 Å². The highest BCUT2D eigenvalue weighted by Gasteiger charge is 2.58. The molecule has 6 atom stereocenters. The minimum absolute atomic E-state index is 0.0482. The first-order chi connectivity index (χ1) is 12.8. The number of aliphatic hydroxyl groups excluding tert-OH is 1. The molecule has 4 aliphatic carbocycles. The highest BCUT2D eigenvalue weighted by atomic mass is 32.1. The van der Waals surface area contributed by atoms with E-state index in [9.17, 15) is 9.90 Å². The molecular weight excluding hydrogens is 356 g/mol. The third-order valence-electron chi connectivity index (χ3n) is 8.52. The Kier molecular flexibility index (Phi) is 3.90. The van der Waals surface area contributed by atoms with Gasteiger partial charge in [-0.3, -0.25) is 4.79 Å². The zero-order chi connectivity index (χ0) is 19.0. The van der Waals surface area contributed by atoms with Gasteiger partial charge in [-0.1, -0.05) is 31.3 Å². The third-order valence-corrected chi connectivity index (χ3v) is 9.57. The van der Waals surface area contributed by atoms with E-state index in [2.05, 4.69) is 25.2 Å². The fourth-order valence-electron chi connectivity index (χ4n) is 7.05. The molecule has 0 radical (unpaired) electrons. The molecule has 0 aromatic carbocycles. The summed E-state index contributed by atoms with van der Waals surface area (Å²) >= 11 is 1.65. The Morgan fingerprint density at radius 1 is 1.26 bits per heavy atom. The first kappa shape index (κ1) is 17.9. The Morgan fingerprint density at radius 2 is 2.07 bits per heavy atom. The molecule has 27 heavy (non-hydrogen) atoms. The second-order valence-electron chi connectivity index (χ2n) is 9.76. The van der Waals surface area contributed by atoms with Crippen molar-refractivity contribution >= 4 is 27.9 Å². The molecule has 0 spiro atoms. The highest BCUT2D eigenvalue weighted by Crippen LogP contribution is 2.66. The molecule has 4 nitrogen and oxygen atoms in total. The molecule has 1 aromatic heterocycles. The lowest BCUT2D eigenvalue weighted by atomic mass is 9.48. The van der Waals surface area contributed by atoms with Gasteiger partial charge in [-0.15, -0.1) is 0 Å². The number of thiazole rings is 1. The number of carbonyl (C=O) groups excluding carboxylic acids is 1. The third kappa shape index (κ3) is 2.43. The van der Waals surface area contributed by atoms with Crippen LogP contribution in [-0.2, 0) is 11.2 Å². The number of anilines is 1. The van der Waals surface area contributed by atoms with Crippen molar-refractivity contribution in [3.63, 3.8) is 0 Å². The second-order valence-corrected chi connectivity index (χ2v) is 10.8. The number of amides is 1. The number of hydrogen-bond donors (Lipinski definition) is 2. The maximum atomic E-state index is 11.4. The predicted octanol–water partition coefficient (Wildman–Crippen LogP) is 4.64. The summed E-state index contributed by atoms with van der Waals surface area (Å²) in [6.45, 7) is 6.36. The minimum Gasteiger partial charge on any atom is -0.393 e. The van der Waals surface area contributed by atoms with Crippen LogP contribution in [0.1, 0.15) is 69.9 Å². The lowest BCUT2D eigenvalue weighted by Crippen LogP contribution is -2.50. The monoisotopic (exact) mass is 386 g/mol. The van der Waals surface area contributed by atoms with Gasteiger partial charge in [-0.2, -0.15) is 0 Å². The van der Waals surface area contributed by atoms with Gasteiger partial charge in [0.2, 0.25) is 5.91 Å². The lowest BCUT2D eigenvalue weighted by Gasteiger charge is -2.56. The number of rotatable bonds is 1. The van der Waals surface area contributed by atoms with Crippen LogP contribution in [0, 0.1) is 28.6 Å². The highest BCUT2D eigenvalue weighted by molar-refractivity contribution is 7.17. The second kappa shape index (κ2) is 5.90. The van der Waals surface area contributed by atoms with E-state index < -0.39 is 0 Å². The molecule has 1 heterocycles. The summed E-state index contributed by atoms with van der Waals surface area (Å²) in [5.74, 6) is 2.03. The van der Waals surface area contributed by atoms with E-state index >= 15 is 0 Å². The zero-order valence-corrected chi connectivity index (χ0v) is 17.4. The molecule has 5 heteroatoms. The van der Waals surface area contributed by atoms with Crippen LogP contribution in [0.25, 0.3) is 5.57 Å². The van der Waals surface area contributed by atoms with Crippen LogP contribution in [0.3, 0.4) is 0 Å². The fraction of sp³-hybridized carbons (Fsp3) is 0.727. The molecule has 146 valence electrons. The van der Waals surface area contributed by atoms with Gasteiger partial charge in [0.25, 0.3) is 0 Å². The van der Waals surface area contributed by atoms with E-state index in [1.807, 2.05) is 0 Å². The van der Waals surface area contributed by atoms with E-state index in [1.165, 1.54) is 29.0 Å². The van der Waals surface area contributed by atoms with Crippen molar-refractivity contribution in [1.82, 2.24) is 4.98 Å². The number of nitrogens with one attached hydrogen (secondary N) is 1. The van der Waals surface area contributed by atoms with Gasteiger partial charge in [0.15, 0.2) is 5.13 Å². The number of aromatic nitrogens is 1. The average molecular weight is 387 g/mol. The Balaban J connectivity index is 1.52. The first-order valence-electron chi connectivity index (χ1n) is 10.5. The van der Waals surface area contributed by atoms with Crippen molar-refractivity contribution in [2.75, 3.05) is 5.32 Å². The number of hydrogen-bond acceptors (Lipinski definition) is 4. The summed E-state index contributed by atoms with van der Waals surface area (Å²) < 4.78 is 0. The summed E-state index contributed by atoms with van der Waals surface area (Å²) in [5.41, 5.74) is 3.00. The molecule has 4 aliphatic rings. The van der Waals surface area contributed by atoms with Gasteiger partial charge >= 0.3 is 0 Å². The van der Waals surface area contributed by atoms with E-state index in [1.54, 1.807) is 18.3 Å². The van der Waals surface area contributed by atoms with Crippen molar-refractivity contribution in [2.45, 2.75) is 71.8 Å². The van der Waals surface area contributed by atoms with Gasteiger partial charge in [-0.05, 0) is 79.1 Å². The topological polar surface area (TPSA) is 62.2 Å². The van der Waals surface area contributed by atoms with Crippen molar-refractivity contribution < 1.29 is 9.90 Å². The van der Waals surface area contributed by atoms with Crippen molar-refractivity contribution in [2.24, 2.45) is 28.6 Å². The van der Waals surface area contributed by atoms with Crippen LogP contribution in [-0.4, -0.2) is 22.1 Å². The Morgan fingerprint density at radius 3 is 2.85 bits per heavy atom. The van der Waals surface area contributed by atoms with E-state index in [-0.39, 0.29) is 22.8 Å². The molecule has 1 amide bonds. The number of nitrogens with zero attached hydrogens (tertiary/aromatic N) is 1. The molecule has 5 rings (SSSR count). The normalized spacial score (nSPS) is 42.4. The Labute approximate surface area is 165 Å². The largest absolute Gasteiger partial charge is 0.393 e. The smallest absolute Gasteiger partial charge is 0.223 e. The van der Waals surface area contributed by atoms with Crippen LogP contribution in [0.5, 0.6) is 0 Å². The van der Waals surface area contributed by atoms with Crippen LogP contribution in [0.2, 0.25) is 0 Å². The predicted molar refractivity (Wildman–Crippen MR) is 108 cm³/mol. The molecule has 0 bridgehead atoms. The molecule has 1 aromatic rings. The first-order valence-corrected chi connectivity index (χ1v) is 11.3. The van der Waals surface area contributed by atoms with Crippen molar-refractivity contribution in [3.05, 3.63) is 16.6 Å².